The van der Waals surface area contributed by atoms with E-state index in [0.717, 1.165) is 11.8 Å². The van der Waals surface area contributed by atoms with Crippen LogP contribution in [0.5, 0.6) is 5.88 Å². The van der Waals surface area contributed by atoms with Gasteiger partial charge in [0.1, 0.15) is 5.60 Å². The zero-order valence-electron chi connectivity index (χ0n) is 15.4. The number of pyridine rings is 1. The first-order valence-electron chi connectivity index (χ1n) is 8.17. The maximum Gasteiger partial charge on any atom is 0.375 e. The quantitative estimate of drug-likeness (QED) is 0.802. The second-order valence-corrected chi connectivity index (χ2v) is 8.90. The Hall–Kier alpha value is -2.87. The first-order valence-corrected chi connectivity index (χ1v) is 10.1. The number of aryl methyl sites for hydroxylation is 1. The number of benzene rings is 1. The van der Waals surface area contributed by atoms with Crippen LogP contribution in [0, 0.1) is 6.92 Å². The van der Waals surface area contributed by atoms with E-state index in [1.54, 1.807) is 39.0 Å². The lowest BCUT2D eigenvalue weighted by Gasteiger charge is -2.21. The molecule has 7 nitrogen and oxygen atoms in total. The fourth-order valence-corrected chi connectivity index (χ4v) is 3.48. The van der Waals surface area contributed by atoms with Crippen molar-refractivity contribution in [3.8, 4) is 5.88 Å². The molecule has 1 aromatic carbocycles. The van der Waals surface area contributed by atoms with Gasteiger partial charge in [-0.2, -0.15) is 0 Å². The van der Waals surface area contributed by atoms with Crippen LogP contribution >= 0.6 is 0 Å². The number of hydrogen-bond donors (Lipinski definition) is 1. The number of carbonyl (C=O) groups is 1. The average molecular weight is 388 g/mol. The van der Waals surface area contributed by atoms with Crippen molar-refractivity contribution >= 4 is 27.1 Å². The fraction of sp³-hybridized carbons (Fsp3) is 0.263. The number of carbonyl (C=O) groups excluding carboxylic acids is 1. The second kappa shape index (κ2) is 6.38. The van der Waals surface area contributed by atoms with Crippen molar-refractivity contribution in [3.63, 3.8) is 0 Å². The Morgan fingerprint density at radius 2 is 1.81 bits per heavy atom. The number of aromatic nitrogens is 1. The molecule has 0 unspecified atom stereocenters. The highest BCUT2D eigenvalue weighted by molar-refractivity contribution is 7.90. The molecule has 0 atom stereocenters. The minimum Gasteiger partial charge on any atom is -0.449 e. The topological polar surface area (TPSA) is 109 Å². The van der Waals surface area contributed by atoms with Gasteiger partial charge in [0.15, 0.2) is 9.84 Å². The normalized spacial score (nSPS) is 16.4. The molecule has 2 N–H and O–H groups in total. The van der Waals surface area contributed by atoms with Crippen molar-refractivity contribution in [2.24, 2.45) is 0 Å². The molecule has 0 radical (unpaired) electrons. The van der Waals surface area contributed by atoms with Crippen molar-refractivity contribution in [3.05, 3.63) is 53.4 Å². The van der Waals surface area contributed by atoms with Gasteiger partial charge in [0.25, 0.3) is 0 Å². The zero-order valence-corrected chi connectivity index (χ0v) is 16.3. The Balaban J connectivity index is 2.08. The molecule has 0 saturated carbocycles. The summed E-state index contributed by atoms with van der Waals surface area (Å²) in [5.74, 6) is -0.376. The molecule has 142 valence electrons. The van der Waals surface area contributed by atoms with Gasteiger partial charge in [-0.3, -0.25) is 0 Å². The molecule has 0 bridgehead atoms. The maximum absolute atomic E-state index is 12.4. The molecule has 1 aliphatic heterocycles. The van der Waals surface area contributed by atoms with Crippen LogP contribution < -0.4 is 10.5 Å². The van der Waals surface area contributed by atoms with Crippen LogP contribution in [0.3, 0.4) is 0 Å². The highest BCUT2D eigenvalue weighted by Crippen LogP contribution is 2.40. The molecular weight excluding hydrogens is 368 g/mol. The van der Waals surface area contributed by atoms with Gasteiger partial charge in [0.05, 0.1) is 22.4 Å². The summed E-state index contributed by atoms with van der Waals surface area (Å²) in [6.07, 6.45) is 2.59. The minimum absolute atomic E-state index is 0.0174. The second-order valence-electron chi connectivity index (χ2n) is 6.88. The molecule has 0 spiro atoms. The molecular formula is C19H20N2O5S. The molecule has 2 aromatic rings. The van der Waals surface area contributed by atoms with Crippen LogP contribution in [-0.4, -0.2) is 31.2 Å². The van der Waals surface area contributed by atoms with Crippen LogP contribution in [0.2, 0.25) is 0 Å². The maximum atomic E-state index is 12.4. The van der Waals surface area contributed by atoms with Gasteiger partial charge in [-0.25, -0.2) is 18.2 Å². The summed E-state index contributed by atoms with van der Waals surface area (Å²) in [7, 11) is -3.32. The molecule has 8 heteroatoms. The number of cyclic esters (lactones) is 1. The van der Waals surface area contributed by atoms with E-state index in [9.17, 15) is 13.2 Å². The number of nitrogens with zero attached hydrogens (tertiary/aromatic N) is 1. The Kier molecular flexibility index (Phi) is 4.47. The van der Waals surface area contributed by atoms with Gasteiger partial charge in [-0.05, 0) is 44.0 Å². The third-order valence-electron chi connectivity index (χ3n) is 4.27. The predicted octanol–water partition coefficient (Wildman–Crippen LogP) is 2.50. The van der Waals surface area contributed by atoms with Crippen molar-refractivity contribution in [2.45, 2.75) is 31.3 Å². The molecule has 1 aliphatic rings. The van der Waals surface area contributed by atoms with E-state index in [0.29, 0.717) is 16.8 Å². The minimum atomic E-state index is -3.32. The van der Waals surface area contributed by atoms with Crippen molar-refractivity contribution in [1.82, 2.24) is 4.98 Å². The summed E-state index contributed by atoms with van der Waals surface area (Å²) in [6, 6.07) is 7.85. The van der Waals surface area contributed by atoms with E-state index in [2.05, 4.69) is 4.98 Å². The predicted molar refractivity (Wildman–Crippen MR) is 101 cm³/mol. The lowest BCUT2D eigenvalue weighted by Crippen LogP contribution is -2.22. The van der Waals surface area contributed by atoms with Gasteiger partial charge < -0.3 is 15.2 Å². The van der Waals surface area contributed by atoms with Gasteiger partial charge in [-0.1, -0.05) is 12.1 Å². The van der Waals surface area contributed by atoms with Crippen LogP contribution in [0.15, 0.2) is 47.2 Å². The van der Waals surface area contributed by atoms with Gasteiger partial charge in [0.2, 0.25) is 11.6 Å². The summed E-state index contributed by atoms with van der Waals surface area (Å²) in [4.78, 5) is 16.7. The van der Waals surface area contributed by atoms with Gasteiger partial charge in [-0.15, -0.1) is 0 Å². The standard InChI is InChI=1S/C19H20N2O5S/c1-11-9-15(21-10-14(11)20)25-17-16(19(2,3)26-18(17)22)12-5-7-13(8-6-12)27(4,23)24/h5-10H,20H2,1-4H3. The van der Waals surface area contributed by atoms with E-state index in [4.69, 9.17) is 15.2 Å². The molecule has 0 fully saturated rings. The molecule has 2 heterocycles. The van der Waals surface area contributed by atoms with Crippen LogP contribution in [0.4, 0.5) is 5.69 Å². The summed E-state index contributed by atoms with van der Waals surface area (Å²) in [6.45, 7) is 5.28. The SMILES string of the molecule is Cc1cc(OC2=C(c3ccc(S(C)(=O)=O)cc3)C(C)(C)OC2=O)ncc1N. The number of nitrogen functional groups attached to an aromatic ring is 1. The number of esters is 1. The highest BCUT2D eigenvalue weighted by atomic mass is 32.2. The van der Waals surface area contributed by atoms with Crippen LogP contribution in [0.25, 0.3) is 5.57 Å². The highest BCUT2D eigenvalue weighted by Gasteiger charge is 2.43. The number of rotatable bonds is 4. The average Bonchev–Trinajstić information content (AvgIpc) is 2.78. The summed E-state index contributed by atoms with van der Waals surface area (Å²) >= 11 is 0. The third-order valence-corrected chi connectivity index (χ3v) is 5.39. The number of nitrogens with two attached hydrogens (primary N) is 1. The molecule has 0 saturated heterocycles. The molecule has 0 amide bonds. The number of hydrogen-bond acceptors (Lipinski definition) is 7. The van der Waals surface area contributed by atoms with E-state index < -0.39 is 21.4 Å². The van der Waals surface area contributed by atoms with Crippen LogP contribution in [0.1, 0.15) is 25.0 Å². The zero-order chi connectivity index (χ0) is 20.0. The lowest BCUT2D eigenvalue weighted by atomic mass is 9.92. The Bertz CT molecular complexity index is 1050. The molecule has 27 heavy (non-hydrogen) atoms. The fourth-order valence-electron chi connectivity index (χ4n) is 2.85. The largest absolute Gasteiger partial charge is 0.449 e. The number of ether oxygens (including phenoxy) is 2. The smallest absolute Gasteiger partial charge is 0.375 e. The molecule has 3 rings (SSSR count). The first-order chi connectivity index (χ1) is 12.5. The number of anilines is 1. The molecule has 1 aromatic heterocycles. The lowest BCUT2D eigenvalue weighted by molar-refractivity contribution is -0.145. The monoisotopic (exact) mass is 388 g/mol. The first kappa shape index (κ1) is 18.9. The van der Waals surface area contributed by atoms with Gasteiger partial charge >= 0.3 is 5.97 Å². The Morgan fingerprint density at radius 3 is 2.37 bits per heavy atom. The molecule has 0 aliphatic carbocycles. The van der Waals surface area contributed by atoms with E-state index >= 15 is 0 Å². The number of sulfone groups is 1. The van der Waals surface area contributed by atoms with Crippen molar-refractivity contribution < 1.29 is 22.7 Å². The Labute approximate surface area is 157 Å². The van der Waals surface area contributed by atoms with Crippen molar-refractivity contribution in [2.75, 3.05) is 12.0 Å². The van der Waals surface area contributed by atoms with Gasteiger partial charge in [0, 0.05) is 12.3 Å². The van der Waals surface area contributed by atoms with E-state index in [-0.39, 0.29) is 16.5 Å². The summed E-state index contributed by atoms with van der Waals surface area (Å²) in [5.41, 5.74) is 7.25. The van der Waals surface area contributed by atoms with Crippen molar-refractivity contribution in [1.29, 1.82) is 0 Å². The van der Waals surface area contributed by atoms with Crippen LogP contribution in [-0.2, 0) is 19.4 Å². The summed E-state index contributed by atoms with van der Waals surface area (Å²) < 4.78 is 34.5. The third kappa shape index (κ3) is 3.66. The summed E-state index contributed by atoms with van der Waals surface area (Å²) in [5, 5.41) is 0. The Morgan fingerprint density at radius 1 is 1.19 bits per heavy atom. The van der Waals surface area contributed by atoms with E-state index in [1.807, 2.05) is 0 Å². The van der Waals surface area contributed by atoms with E-state index in [1.165, 1.54) is 18.3 Å².